The van der Waals surface area contributed by atoms with Gasteiger partial charge in [-0.25, -0.2) is 0 Å². The SMILES string of the molecule is NC1=CC=C[SH]1c1ccccc1[N+](=O)[O-]. The first-order valence-electron chi connectivity index (χ1n) is 4.37. The lowest BCUT2D eigenvalue weighted by molar-refractivity contribution is -0.387. The summed E-state index contributed by atoms with van der Waals surface area (Å²) < 4.78 is 0. The van der Waals surface area contributed by atoms with E-state index in [1.54, 1.807) is 24.3 Å². The van der Waals surface area contributed by atoms with E-state index in [0.29, 0.717) is 9.92 Å². The Bertz CT molecular complexity index is 468. The molecule has 1 atom stereocenters. The first-order valence-corrected chi connectivity index (χ1v) is 5.78. The smallest absolute Gasteiger partial charge is 0.281 e. The average Bonchev–Trinajstić information content (AvgIpc) is 2.64. The van der Waals surface area contributed by atoms with Crippen molar-refractivity contribution in [3.8, 4) is 0 Å². The second-order valence-electron chi connectivity index (χ2n) is 3.05. The molecule has 0 saturated heterocycles. The highest BCUT2D eigenvalue weighted by Crippen LogP contribution is 2.49. The van der Waals surface area contributed by atoms with Crippen LogP contribution in [0.5, 0.6) is 0 Å². The number of benzene rings is 1. The minimum atomic E-state index is -0.838. The number of nitrogens with two attached hydrogens (primary N) is 1. The first-order chi connectivity index (χ1) is 7.20. The van der Waals surface area contributed by atoms with Crippen LogP contribution in [0.3, 0.4) is 0 Å². The summed E-state index contributed by atoms with van der Waals surface area (Å²) in [6.45, 7) is 0. The summed E-state index contributed by atoms with van der Waals surface area (Å²) in [6.07, 6.45) is 3.64. The van der Waals surface area contributed by atoms with Crippen molar-refractivity contribution in [1.82, 2.24) is 0 Å². The highest BCUT2D eigenvalue weighted by atomic mass is 32.2. The molecule has 78 valence electrons. The van der Waals surface area contributed by atoms with E-state index >= 15 is 0 Å². The Morgan fingerprint density at radius 3 is 2.67 bits per heavy atom. The van der Waals surface area contributed by atoms with Gasteiger partial charge in [-0.2, -0.15) is 10.9 Å². The molecule has 0 aliphatic carbocycles. The van der Waals surface area contributed by atoms with Crippen LogP contribution in [-0.4, -0.2) is 4.92 Å². The third-order valence-corrected chi connectivity index (χ3v) is 4.19. The van der Waals surface area contributed by atoms with Gasteiger partial charge in [-0.15, -0.1) is 0 Å². The molecule has 0 aromatic heterocycles. The standard InChI is InChI=1S/C10H10N2O2S/c11-10-6-3-7-15(10)9-5-2-1-4-8(9)12(13)14/h1-7,15H,11H2. The van der Waals surface area contributed by atoms with E-state index in [9.17, 15) is 10.1 Å². The largest absolute Gasteiger partial charge is 0.394 e. The number of nitro groups is 1. The molecule has 2 rings (SSSR count). The molecule has 1 aromatic rings. The van der Waals surface area contributed by atoms with Crippen LogP contribution >= 0.6 is 10.9 Å². The molecule has 0 spiro atoms. The van der Waals surface area contributed by atoms with Gasteiger partial charge in [0.1, 0.15) is 0 Å². The van der Waals surface area contributed by atoms with Gasteiger partial charge in [-0.3, -0.25) is 10.1 Å². The number of para-hydroxylation sites is 1. The van der Waals surface area contributed by atoms with Crippen molar-refractivity contribution >= 4 is 16.6 Å². The molecule has 2 N–H and O–H groups in total. The third kappa shape index (κ3) is 1.73. The van der Waals surface area contributed by atoms with Crippen molar-refractivity contribution in [3.63, 3.8) is 0 Å². The summed E-state index contributed by atoms with van der Waals surface area (Å²) in [4.78, 5) is 11.2. The molecular weight excluding hydrogens is 212 g/mol. The lowest BCUT2D eigenvalue weighted by Crippen LogP contribution is -1.98. The molecule has 1 aliphatic heterocycles. The minimum Gasteiger partial charge on any atom is -0.394 e. The second kappa shape index (κ2) is 3.78. The van der Waals surface area contributed by atoms with E-state index < -0.39 is 10.9 Å². The molecular formula is C10H10N2O2S. The Morgan fingerprint density at radius 2 is 2.07 bits per heavy atom. The van der Waals surface area contributed by atoms with Crippen LogP contribution in [0.15, 0.2) is 51.8 Å². The maximum Gasteiger partial charge on any atom is 0.281 e. The number of allylic oxidation sites excluding steroid dienone is 2. The number of nitro benzene ring substituents is 1. The van der Waals surface area contributed by atoms with Crippen LogP contribution in [0.2, 0.25) is 0 Å². The van der Waals surface area contributed by atoms with E-state index in [1.165, 1.54) is 6.07 Å². The molecule has 0 saturated carbocycles. The zero-order valence-corrected chi connectivity index (χ0v) is 8.72. The lowest BCUT2D eigenvalue weighted by Gasteiger charge is -2.14. The first kappa shape index (κ1) is 9.79. The second-order valence-corrected chi connectivity index (χ2v) is 5.09. The Balaban J connectivity index is 2.48. The van der Waals surface area contributed by atoms with Gasteiger partial charge >= 0.3 is 0 Å². The Hall–Kier alpha value is -1.75. The van der Waals surface area contributed by atoms with Crippen molar-refractivity contribution in [2.45, 2.75) is 4.90 Å². The van der Waals surface area contributed by atoms with Gasteiger partial charge in [0.2, 0.25) is 0 Å². The van der Waals surface area contributed by atoms with Crippen LogP contribution in [-0.2, 0) is 0 Å². The van der Waals surface area contributed by atoms with Gasteiger partial charge in [0.05, 0.1) is 14.8 Å². The molecule has 1 aliphatic rings. The van der Waals surface area contributed by atoms with Crippen molar-refractivity contribution in [2.75, 3.05) is 0 Å². The molecule has 0 amide bonds. The fraction of sp³-hybridized carbons (Fsp3) is 0. The lowest BCUT2D eigenvalue weighted by atomic mass is 10.3. The summed E-state index contributed by atoms with van der Waals surface area (Å²) >= 11 is 0. The van der Waals surface area contributed by atoms with Crippen molar-refractivity contribution in [3.05, 3.63) is 57.0 Å². The summed E-state index contributed by atoms with van der Waals surface area (Å²) in [7, 11) is -0.838. The number of nitrogens with zero attached hydrogens (tertiary/aromatic N) is 1. The number of hydrogen-bond donors (Lipinski definition) is 2. The van der Waals surface area contributed by atoms with Crippen molar-refractivity contribution < 1.29 is 4.92 Å². The van der Waals surface area contributed by atoms with Crippen LogP contribution < -0.4 is 5.73 Å². The molecule has 5 heteroatoms. The fourth-order valence-corrected chi connectivity index (χ4v) is 3.20. The zero-order chi connectivity index (χ0) is 10.8. The van der Waals surface area contributed by atoms with E-state index in [0.717, 1.165) is 0 Å². The van der Waals surface area contributed by atoms with Crippen LogP contribution in [0.1, 0.15) is 0 Å². The normalized spacial score (nSPS) is 21.3. The summed E-state index contributed by atoms with van der Waals surface area (Å²) in [5, 5.41) is 13.4. The Labute approximate surface area is 89.6 Å². The van der Waals surface area contributed by atoms with Gasteiger partial charge in [-0.05, 0) is 17.6 Å². The monoisotopic (exact) mass is 222 g/mol. The maximum atomic E-state index is 10.8. The quantitative estimate of drug-likeness (QED) is 0.458. The molecule has 4 nitrogen and oxygen atoms in total. The summed E-state index contributed by atoms with van der Waals surface area (Å²) in [6, 6.07) is 6.73. The maximum absolute atomic E-state index is 10.8. The summed E-state index contributed by atoms with van der Waals surface area (Å²) in [5.74, 6) is 0. The van der Waals surface area contributed by atoms with Gasteiger partial charge in [0, 0.05) is 6.07 Å². The third-order valence-electron chi connectivity index (χ3n) is 2.12. The zero-order valence-electron chi connectivity index (χ0n) is 7.83. The van der Waals surface area contributed by atoms with Crippen LogP contribution in [0.25, 0.3) is 0 Å². The predicted molar refractivity (Wildman–Crippen MR) is 61.8 cm³/mol. The molecule has 1 aromatic carbocycles. The Kier molecular flexibility index (Phi) is 2.47. The van der Waals surface area contributed by atoms with Crippen molar-refractivity contribution in [2.24, 2.45) is 5.73 Å². The molecule has 0 fully saturated rings. The van der Waals surface area contributed by atoms with Crippen molar-refractivity contribution in [1.29, 1.82) is 0 Å². The van der Waals surface area contributed by atoms with E-state index in [4.69, 9.17) is 5.73 Å². The van der Waals surface area contributed by atoms with Gasteiger partial charge < -0.3 is 5.73 Å². The number of rotatable bonds is 2. The minimum absolute atomic E-state index is 0.145. The fourth-order valence-electron chi connectivity index (χ4n) is 1.44. The van der Waals surface area contributed by atoms with E-state index in [-0.39, 0.29) is 10.6 Å². The predicted octanol–water partition coefficient (Wildman–Crippen LogP) is 2.28. The van der Waals surface area contributed by atoms with E-state index in [1.807, 2.05) is 11.5 Å². The molecule has 0 radical (unpaired) electrons. The van der Waals surface area contributed by atoms with Gasteiger partial charge in [0.25, 0.3) is 5.69 Å². The number of hydrogen-bond acceptors (Lipinski definition) is 3. The average molecular weight is 222 g/mol. The van der Waals surface area contributed by atoms with Gasteiger partial charge in [0.15, 0.2) is 0 Å². The molecule has 1 heterocycles. The highest BCUT2D eigenvalue weighted by molar-refractivity contribution is 8.23. The molecule has 0 bridgehead atoms. The summed E-state index contributed by atoms with van der Waals surface area (Å²) in [5.41, 5.74) is 5.93. The van der Waals surface area contributed by atoms with Crippen LogP contribution in [0, 0.1) is 10.1 Å². The topological polar surface area (TPSA) is 69.2 Å². The Morgan fingerprint density at radius 1 is 1.33 bits per heavy atom. The molecule has 15 heavy (non-hydrogen) atoms. The molecule has 1 unspecified atom stereocenters. The highest BCUT2D eigenvalue weighted by Gasteiger charge is 2.19. The van der Waals surface area contributed by atoms with Crippen LogP contribution in [0.4, 0.5) is 5.69 Å². The number of thiol groups is 1. The van der Waals surface area contributed by atoms with Gasteiger partial charge in [-0.1, -0.05) is 18.2 Å². The van der Waals surface area contributed by atoms with E-state index in [2.05, 4.69) is 0 Å².